The zero-order chi connectivity index (χ0) is 19.3. The van der Waals surface area contributed by atoms with Gasteiger partial charge in [-0.05, 0) is 49.2 Å². The van der Waals surface area contributed by atoms with Crippen LogP contribution < -0.4 is 15.5 Å². The van der Waals surface area contributed by atoms with Gasteiger partial charge in [-0.1, -0.05) is 24.3 Å². The molecule has 144 valence electrons. The van der Waals surface area contributed by atoms with Gasteiger partial charge in [0.2, 0.25) is 17.8 Å². The highest BCUT2D eigenvalue weighted by Gasteiger charge is 2.17. The molecule has 1 aliphatic rings. The summed E-state index contributed by atoms with van der Waals surface area (Å²) in [4.78, 5) is 16.0. The molecule has 0 unspecified atom stereocenters. The Balaban J connectivity index is 1.66. The van der Waals surface area contributed by atoms with E-state index < -0.39 is 0 Å². The molecule has 4 rings (SSSR count). The van der Waals surface area contributed by atoms with E-state index in [9.17, 15) is 0 Å². The summed E-state index contributed by atoms with van der Waals surface area (Å²) in [6.45, 7) is 7.02. The molecule has 7 nitrogen and oxygen atoms in total. The van der Waals surface area contributed by atoms with Crippen molar-refractivity contribution in [3.8, 4) is 0 Å². The van der Waals surface area contributed by atoms with Gasteiger partial charge >= 0.3 is 0 Å². The van der Waals surface area contributed by atoms with Crippen LogP contribution in [0.1, 0.15) is 11.1 Å². The van der Waals surface area contributed by atoms with E-state index in [0.717, 1.165) is 24.5 Å². The summed E-state index contributed by atoms with van der Waals surface area (Å²) < 4.78 is 5.46. The van der Waals surface area contributed by atoms with E-state index in [1.807, 2.05) is 30.3 Å². The Morgan fingerprint density at radius 1 is 0.786 bits per heavy atom. The van der Waals surface area contributed by atoms with Crippen LogP contribution in [-0.4, -0.2) is 41.3 Å². The lowest BCUT2D eigenvalue weighted by Crippen LogP contribution is -2.37. The molecule has 2 aromatic carbocycles. The molecular weight excluding hydrogens is 352 g/mol. The number of hydrogen-bond donors (Lipinski definition) is 2. The molecule has 7 heteroatoms. The summed E-state index contributed by atoms with van der Waals surface area (Å²) in [5.74, 6) is 1.66. The first-order valence-electron chi connectivity index (χ1n) is 9.42. The van der Waals surface area contributed by atoms with Gasteiger partial charge < -0.3 is 20.3 Å². The molecule has 0 atom stereocenters. The summed E-state index contributed by atoms with van der Waals surface area (Å²) in [6.07, 6.45) is 0. The van der Waals surface area contributed by atoms with Gasteiger partial charge in [0.05, 0.1) is 13.2 Å². The third-order valence-corrected chi connectivity index (χ3v) is 4.43. The number of ether oxygens (including phenoxy) is 1. The number of morpholine rings is 1. The fourth-order valence-electron chi connectivity index (χ4n) is 3.21. The highest BCUT2D eigenvalue weighted by atomic mass is 16.5. The largest absolute Gasteiger partial charge is 0.378 e. The number of hydrogen-bond acceptors (Lipinski definition) is 7. The van der Waals surface area contributed by atoms with Crippen molar-refractivity contribution in [2.24, 2.45) is 0 Å². The molecule has 3 aromatic rings. The minimum absolute atomic E-state index is 0.509. The third-order valence-electron chi connectivity index (χ3n) is 4.43. The van der Waals surface area contributed by atoms with E-state index >= 15 is 0 Å². The van der Waals surface area contributed by atoms with Crippen LogP contribution in [0.3, 0.4) is 0 Å². The molecule has 1 fully saturated rings. The molecular formula is C21H24N6O. The summed E-state index contributed by atoms with van der Waals surface area (Å²) in [6, 6.07) is 16.2. The van der Waals surface area contributed by atoms with Crippen LogP contribution in [0.5, 0.6) is 0 Å². The van der Waals surface area contributed by atoms with Gasteiger partial charge in [-0.25, -0.2) is 0 Å². The van der Waals surface area contributed by atoms with Gasteiger partial charge in [0, 0.05) is 24.5 Å². The van der Waals surface area contributed by atoms with Crippen molar-refractivity contribution >= 4 is 29.2 Å². The van der Waals surface area contributed by atoms with Crippen molar-refractivity contribution in [1.82, 2.24) is 15.0 Å². The highest BCUT2D eigenvalue weighted by Crippen LogP contribution is 2.22. The van der Waals surface area contributed by atoms with E-state index in [4.69, 9.17) is 4.74 Å². The standard InChI is InChI=1S/C21H24N6O/c1-15-12-16(2)14-18(13-15)23-20-24-19(22-17-6-4-3-5-7-17)25-21(26-20)27-8-10-28-11-9-27/h3-7,12-14H,8-11H2,1-2H3,(H2,22,23,24,25,26). The molecule has 0 saturated carbocycles. The van der Waals surface area contributed by atoms with Crippen LogP contribution in [0, 0.1) is 13.8 Å². The highest BCUT2D eigenvalue weighted by molar-refractivity contribution is 5.60. The van der Waals surface area contributed by atoms with Crippen molar-refractivity contribution in [2.45, 2.75) is 13.8 Å². The molecule has 0 amide bonds. The monoisotopic (exact) mass is 376 g/mol. The first-order valence-corrected chi connectivity index (χ1v) is 9.42. The number of aryl methyl sites for hydroxylation is 2. The maximum absolute atomic E-state index is 5.46. The maximum atomic E-state index is 5.46. The molecule has 1 saturated heterocycles. The zero-order valence-electron chi connectivity index (χ0n) is 16.1. The summed E-state index contributed by atoms with van der Waals surface area (Å²) in [5, 5.41) is 6.60. The van der Waals surface area contributed by atoms with Crippen LogP contribution in [0.25, 0.3) is 0 Å². The van der Waals surface area contributed by atoms with Gasteiger partial charge in [0.1, 0.15) is 0 Å². The third kappa shape index (κ3) is 4.55. The van der Waals surface area contributed by atoms with E-state index in [2.05, 4.69) is 62.5 Å². The minimum atomic E-state index is 0.509. The van der Waals surface area contributed by atoms with E-state index in [-0.39, 0.29) is 0 Å². The summed E-state index contributed by atoms with van der Waals surface area (Å²) in [5.41, 5.74) is 4.27. The molecule has 0 aliphatic carbocycles. The van der Waals surface area contributed by atoms with Crippen molar-refractivity contribution in [3.63, 3.8) is 0 Å². The fourth-order valence-corrected chi connectivity index (χ4v) is 3.21. The normalized spacial score (nSPS) is 14.0. The van der Waals surface area contributed by atoms with Gasteiger partial charge in [-0.15, -0.1) is 0 Å². The number of anilines is 5. The van der Waals surface area contributed by atoms with Crippen LogP contribution in [0.2, 0.25) is 0 Å². The summed E-state index contributed by atoms with van der Waals surface area (Å²) in [7, 11) is 0. The lowest BCUT2D eigenvalue weighted by molar-refractivity contribution is 0.122. The number of rotatable bonds is 5. The van der Waals surface area contributed by atoms with Crippen LogP contribution in [0.15, 0.2) is 48.5 Å². The van der Waals surface area contributed by atoms with Crippen molar-refractivity contribution in [3.05, 3.63) is 59.7 Å². The first-order chi connectivity index (χ1) is 13.7. The van der Waals surface area contributed by atoms with Gasteiger partial charge in [-0.3, -0.25) is 0 Å². The first kappa shape index (κ1) is 18.2. The molecule has 0 radical (unpaired) electrons. The minimum Gasteiger partial charge on any atom is -0.378 e. The molecule has 1 aromatic heterocycles. The Kier molecular flexibility index (Phi) is 5.34. The second-order valence-electron chi connectivity index (χ2n) is 6.87. The number of nitrogens with one attached hydrogen (secondary N) is 2. The predicted molar refractivity (Wildman–Crippen MR) is 112 cm³/mol. The van der Waals surface area contributed by atoms with Crippen LogP contribution in [-0.2, 0) is 4.74 Å². The average Bonchev–Trinajstić information content (AvgIpc) is 2.68. The van der Waals surface area contributed by atoms with E-state index in [1.54, 1.807) is 0 Å². The molecule has 2 N–H and O–H groups in total. The summed E-state index contributed by atoms with van der Waals surface area (Å²) >= 11 is 0. The Labute approximate surface area is 164 Å². The topological polar surface area (TPSA) is 75.2 Å². The smallest absolute Gasteiger partial charge is 0.233 e. The zero-order valence-corrected chi connectivity index (χ0v) is 16.1. The molecule has 28 heavy (non-hydrogen) atoms. The average molecular weight is 376 g/mol. The Hall–Kier alpha value is -3.19. The fraction of sp³-hybridized carbons (Fsp3) is 0.286. The Bertz CT molecular complexity index is 921. The molecule has 1 aliphatic heterocycles. The van der Waals surface area contributed by atoms with Crippen molar-refractivity contribution in [2.75, 3.05) is 41.8 Å². The Morgan fingerprint density at radius 3 is 2.04 bits per heavy atom. The van der Waals surface area contributed by atoms with Crippen molar-refractivity contribution < 1.29 is 4.74 Å². The second kappa shape index (κ2) is 8.22. The Morgan fingerprint density at radius 2 is 1.39 bits per heavy atom. The van der Waals surface area contributed by atoms with E-state index in [1.165, 1.54) is 11.1 Å². The molecule has 0 bridgehead atoms. The lowest BCUT2D eigenvalue weighted by Gasteiger charge is -2.27. The molecule has 2 heterocycles. The number of benzene rings is 2. The maximum Gasteiger partial charge on any atom is 0.233 e. The van der Waals surface area contributed by atoms with Crippen LogP contribution >= 0.6 is 0 Å². The van der Waals surface area contributed by atoms with Gasteiger partial charge in [-0.2, -0.15) is 15.0 Å². The van der Waals surface area contributed by atoms with Crippen molar-refractivity contribution in [1.29, 1.82) is 0 Å². The predicted octanol–water partition coefficient (Wildman–Crippen LogP) is 3.81. The van der Waals surface area contributed by atoms with Crippen LogP contribution in [0.4, 0.5) is 29.2 Å². The lowest BCUT2D eigenvalue weighted by atomic mass is 10.1. The number of aromatic nitrogens is 3. The van der Waals surface area contributed by atoms with Gasteiger partial charge in [0.15, 0.2) is 0 Å². The van der Waals surface area contributed by atoms with Gasteiger partial charge in [0.25, 0.3) is 0 Å². The van der Waals surface area contributed by atoms with E-state index in [0.29, 0.717) is 31.1 Å². The SMILES string of the molecule is Cc1cc(C)cc(Nc2nc(Nc3ccccc3)nc(N3CCOCC3)n2)c1. The number of para-hydroxylation sites is 1. The molecule has 0 spiro atoms. The number of nitrogens with zero attached hydrogens (tertiary/aromatic N) is 4. The second-order valence-corrected chi connectivity index (χ2v) is 6.87. The quantitative estimate of drug-likeness (QED) is 0.701.